The van der Waals surface area contributed by atoms with E-state index in [0.29, 0.717) is 49.8 Å². The molecule has 0 saturated carbocycles. The van der Waals surface area contributed by atoms with Crippen molar-refractivity contribution in [3.05, 3.63) is 55.1 Å². The third-order valence-electron chi connectivity index (χ3n) is 5.28. The fourth-order valence-corrected chi connectivity index (χ4v) is 3.98. The largest absolute Gasteiger partial charge is 0.369 e. The van der Waals surface area contributed by atoms with Gasteiger partial charge in [0.1, 0.15) is 0 Å². The minimum Gasteiger partial charge on any atom is -0.369 e. The number of aromatic amines is 1. The Kier molecular flexibility index (Phi) is 5.48. The molecule has 3 heterocycles. The Bertz CT molecular complexity index is 1200. The van der Waals surface area contributed by atoms with E-state index < -0.39 is 11.2 Å². The number of nitrogens with one attached hydrogen (secondary N) is 1. The van der Waals surface area contributed by atoms with Crippen LogP contribution in [0.3, 0.4) is 0 Å². The fourth-order valence-electron chi connectivity index (χ4n) is 3.71. The van der Waals surface area contributed by atoms with Gasteiger partial charge in [-0.1, -0.05) is 28.1 Å². The summed E-state index contributed by atoms with van der Waals surface area (Å²) in [6, 6.07) is 7.83. The Labute approximate surface area is 180 Å². The van der Waals surface area contributed by atoms with Gasteiger partial charge in [-0.3, -0.25) is 28.6 Å². The number of halogens is 1. The highest BCUT2D eigenvalue weighted by molar-refractivity contribution is 9.10. The minimum absolute atomic E-state index is 0.220. The monoisotopic (exact) mass is 475 g/mol. The van der Waals surface area contributed by atoms with Crippen molar-refractivity contribution in [2.24, 2.45) is 12.8 Å². The van der Waals surface area contributed by atoms with E-state index in [0.717, 1.165) is 10.0 Å². The van der Waals surface area contributed by atoms with E-state index in [1.807, 2.05) is 33.7 Å². The number of nitrogens with zero attached hydrogens (tertiary/aromatic N) is 5. The number of amides is 1. The van der Waals surface area contributed by atoms with Crippen LogP contribution in [0.5, 0.6) is 0 Å². The zero-order valence-corrected chi connectivity index (χ0v) is 18.1. The van der Waals surface area contributed by atoms with Gasteiger partial charge >= 0.3 is 5.69 Å². The second-order valence-corrected chi connectivity index (χ2v) is 8.26. The molecule has 4 rings (SSSR count). The van der Waals surface area contributed by atoms with Crippen LogP contribution in [0.4, 0.5) is 5.95 Å². The molecule has 10 nitrogen and oxygen atoms in total. The molecule has 1 aromatic carbocycles. The molecule has 158 valence electrons. The maximum atomic E-state index is 12.7. The van der Waals surface area contributed by atoms with Crippen LogP contribution in [0.15, 0.2) is 38.3 Å². The summed E-state index contributed by atoms with van der Waals surface area (Å²) in [5, 5.41) is 0. The number of nitrogens with two attached hydrogens (primary N) is 1. The van der Waals surface area contributed by atoms with E-state index in [1.54, 1.807) is 7.05 Å². The summed E-state index contributed by atoms with van der Waals surface area (Å²) in [6.07, 6.45) is 0. The third-order valence-corrected chi connectivity index (χ3v) is 5.80. The molecule has 0 atom stereocenters. The van der Waals surface area contributed by atoms with E-state index in [1.165, 1.54) is 4.57 Å². The molecular formula is C19H22BrN7O3. The molecule has 1 aliphatic rings. The number of piperazine rings is 1. The van der Waals surface area contributed by atoms with Gasteiger partial charge < -0.3 is 10.6 Å². The second kappa shape index (κ2) is 8.07. The quantitative estimate of drug-likeness (QED) is 0.528. The van der Waals surface area contributed by atoms with Gasteiger partial charge in [0.2, 0.25) is 11.9 Å². The van der Waals surface area contributed by atoms with E-state index in [-0.39, 0.29) is 12.5 Å². The maximum Gasteiger partial charge on any atom is 0.329 e. The van der Waals surface area contributed by atoms with Crippen LogP contribution in [0, 0.1) is 0 Å². The highest BCUT2D eigenvalue weighted by Gasteiger charge is 2.25. The molecule has 3 N–H and O–H groups in total. The summed E-state index contributed by atoms with van der Waals surface area (Å²) < 4.78 is 4.16. The molecule has 1 fully saturated rings. The van der Waals surface area contributed by atoms with E-state index >= 15 is 0 Å². The highest BCUT2D eigenvalue weighted by atomic mass is 79.9. The van der Waals surface area contributed by atoms with Crippen molar-refractivity contribution >= 4 is 38.9 Å². The number of H-pyrrole nitrogens is 1. The summed E-state index contributed by atoms with van der Waals surface area (Å²) in [5.74, 6) is 0.269. The number of benzene rings is 1. The Morgan fingerprint density at radius 1 is 1.17 bits per heavy atom. The smallest absolute Gasteiger partial charge is 0.329 e. The minimum atomic E-state index is -0.501. The van der Waals surface area contributed by atoms with E-state index in [9.17, 15) is 14.4 Å². The number of anilines is 1. The van der Waals surface area contributed by atoms with Crippen LogP contribution in [0.1, 0.15) is 5.56 Å². The lowest BCUT2D eigenvalue weighted by molar-refractivity contribution is -0.119. The van der Waals surface area contributed by atoms with Crippen LogP contribution in [0.25, 0.3) is 11.2 Å². The number of rotatable bonds is 5. The van der Waals surface area contributed by atoms with E-state index in [2.05, 4.69) is 30.8 Å². The normalized spacial score (nSPS) is 15.1. The SMILES string of the molecule is Cn1c(=O)[nH]c(=O)c2c1nc(N1CCN(CC(N)=O)CC1)n2Cc1ccc(Br)cc1. The predicted octanol–water partition coefficient (Wildman–Crippen LogP) is -0.159. The van der Waals surface area contributed by atoms with Gasteiger partial charge in [0.05, 0.1) is 13.1 Å². The Morgan fingerprint density at radius 2 is 1.83 bits per heavy atom. The number of imidazole rings is 1. The first kappa shape index (κ1) is 20.4. The molecule has 30 heavy (non-hydrogen) atoms. The van der Waals surface area contributed by atoms with Crippen molar-refractivity contribution in [1.82, 2.24) is 24.0 Å². The standard InChI is InChI=1S/C19H22BrN7O3/c1-24-16-15(17(29)23-19(24)30)27(10-12-2-4-13(20)5-3-12)18(22-16)26-8-6-25(7-9-26)11-14(21)28/h2-5H,6-11H2,1H3,(H2,21,28)(H,23,29,30). The van der Waals surface area contributed by atoms with Gasteiger partial charge in [-0.2, -0.15) is 4.98 Å². The van der Waals surface area contributed by atoms with Crippen LogP contribution < -0.4 is 21.9 Å². The lowest BCUT2D eigenvalue weighted by Crippen LogP contribution is -2.49. The Hall–Kier alpha value is -2.92. The van der Waals surface area contributed by atoms with Gasteiger partial charge in [0, 0.05) is 37.7 Å². The molecule has 0 unspecified atom stereocenters. The van der Waals surface area contributed by atoms with Crippen molar-refractivity contribution < 1.29 is 4.79 Å². The van der Waals surface area contributed by atoms with Crippen molar-refractivity contribution in [3.8, 4) is 0 Å². The summed E-state index contributed by atoms with van der Waals surface area (Å²) in [6.45, 7) is 3.21. The summed E-state index contributed by atoms with van der Waals surface area (Å²) in [5.41, 5.74) is 6.04. The molecule has 0 radical (unpaired) electrons. The summed E-state index contributed by atoms with van der Waals surface area (Å²) >= 11 is 3.43. The summed E-state index contributed by atoms with van der Waals surface area (Å²) in [7, 11) is 1.59. The highest BCUT2D eigenvalue weighted by Crippen LogP contribution is 2.23. The second-order valence-electron chi connectivity index (χ2n) is 7.34. The number of carbonyl (C=O) groups excluding carboxylic acids is 1. The van der Waals surface area contributed by atoms with Gasteiger partial charge in [-0.25, -0.2) is 4.79 Å². The number of aryl methyl sites for hydroxylation is 1. The maximum absolute atomic E-state index is 12.7. The zero-order chi connectivity index (χ0) is 21.4. The third kappa shape index (κ3) is 3.90. The van der Waals surface area contributed by atoms with Crippen LogP contribution in [-0.4, -0.2) is 62.6 Å². The van der Waals surface area contributed by atoms with Crippen LogP contribution in [0.2, 0.25) is 0 Å². The van der Waals surface area contributed by atoms with Gasteiger partial charge in [-0.15, -0.1) is 0 Å². The van der Waals surface area contributed by atoms with Crippen LogP contribution in [-0.2, 0) is 18.4 Å². The molecule has 0 bridgehead atoms. The summed E-state index contributed by atoms with van der Waals surface area (Å²) in [4.78, 5) is 47.0. The molecule has 11 heteroatoms. The van der Waals surface area contributed by atoms with Crippen molar-refractivity contribution in [2.45, 2.75) is 6.54 Å². The van der Waals surface area contributed by atoms with E-state index in [4.69, 9.17) is 5.73 Å². The zero-order valence-electron chi connectivity index (χ0n) is 16.5. The molecule has 0 spiro atoms. The molecule has 3 aromatic rings. The number of hydrogen-bond acceptors (Lipinski definition) is 6. The number of aromatic nitrogens is 4. The van der Waals surface area contributed by atoms with Crippen molar-refractivity contribution in [2.75, 3.05) is 37.6 Å². The number of fused-ring (bicyclic) bond motifs is 1. The topological polar surface area (TPSA) is 122 Å². The number of hydrogen-bond donors (Lipinski definition) is 2. The molecule has 2 aromatic heterocycles. The Morgan fingerprint density at radius 3 is 2.47 bits per heavy atom. The lowest BCUT2D eigenvalue weighted by Gasteiger charge is -2.34. The molecule has 1 saturated heterocycles. The molecule has 1 amide bonds. The predicted molar refractivity (Wildman–Crippen MR) is 117 cm³/mol. The first-order valence-corrected chi connectivity index (χ1v) is 10.3. The average molecular weight is 476 g/mol. The van der Waals surface area contributed by atoms with Crippen molar-refractivity contribution in [1.29, 1.82) is 0 Å². The number of carbonyl (C=O) groups is 1. The van der Waals surface area contributed by atoms with Gasteiger partial charge in [0.15, 0.2) is 11.2 Å². The van der Waals surface area contributed by atoms with Gasteiger partial charge in [0.25, 0.3) is 5.56 Å². The Balaban J connectivity index is 1.76. The average Bonchev–Trinajstić information content (AvgIpc) is 3.08. The lowest BCUT2D eigenvalue weighted by atomic mass is 10.2. The number of primary amides is 1. The molecular weight excluding hydrogens is 454 g/mol. The molecule has 1 aliphatic heterocycles. The first-order valence-electron chi connectivity index (χ1n) is 9.53. The van der Waals surface area contributed by atoms with Crippen molar-refractivity contribution in [3.63, 3.8) is 0 Å². The first-order chi connectivity index (χ1) is 14.3. The molecule has 0 aliphatic carbocycles. The van der Waals surface area contributed by atoms with Crippen LogP contribution >= 0.6 is 15.9 Å². The fraction of sp³-hybridized carbons (Fsp3) is 0.368. The van der Waals surface area contributed by atoms with Gasteiger partial charge in [-0.05, 0) is 17.7 Å².